The Bertz CT molecular complexity index is 4280. The Labute approximate surface area is 430 Å². The summed E-state index contributed by atoms with van der Waals surface area (Å²) >= 11 is 0. The van der Waals surface area contributed by atoms with E-state index in [1.54, 1.807) is 0 Å². The predicted molar refractivity (Wildman–Crippen MR) is 306 cm³/mol. The molecule has 2 fully saturated rings. The van der Waals surface area contributed by atoms with Crippen molar-refractivity contribution < 1.29 is 0 Å². The highest BCUT2D eigenvalue weighted by Gasteiger charge is 2.48. The highest BCUT2D eigenvalue weighted by Crippen LogP contribution is 2.54. The summed E-state index contributed by atoms with van der Waals surface area (Å²) in [7, 11) is 0. The van der Waals surface area contributed by atoms with Gasteiger partial charge < -0.3 is 13.7 Å². The third-order valence-corrected chi connectivity index (χ3v) is 16.8. The molecule has 6 heteroatoms. The number of aromatic nitrogens is 6. The van der Waals surface area contributed by atoms with E-state index in [4.69, 9.17) is 15.0 Å². The van der Waals surface area contributed by atoms with E-state index in [1.165, 1.54) is 56.2 Å². The molecule has 0 spiro atoms. The first kappa shape index (κ1) is 43.0. The topological polar surface area (TPSA) is 53.5 Å². The molecule has 4 heterocycles. The molecule has 2 aliphatic carbocycles. The minimum absolute atomic E-state index is 0.172. The first-order chi connectivity index (χ1) is 36.5. The van der Waals surface area contributed by atoms with Gasteiger partial charge in [0, 0.05) is 60.1 Å². The van der Waals surface area contributed by atoms with Crippen LogP contribution < -0.4 is 0 Å². The molecule has 4 aromatic heterocycles. The lowest BCUT2D eigenvalue weighted by atomic mass is 9.56. The Kier molecular flexibility index (Phi) is 9.72. The second-order valence-electron chi connectivity index (χ2n) is 21.6. The van der Waals surface area contributed by atoms with Gasteiger partial charge in [-0.25, -0.2) is 15.0 Å². The zero-order valence-corrected chi connectivity index (χ0v) is 41.7. The molecule has 2 saturated carbocycles. The number of rotatable bonds is 7. The quantitative estimate of drug-likeness (QED) is 0.160. The number of hydrogen-bond acceptors (Lipinski definition) is 3. The fourth-order valence-electron chi connectivity index (χ4n) is 14.2. The maximum atomic E-state index is 5.84. The summed E-state index contributed by atoms with van der Waals surface area (Å²) in [6, 6.07) is 77.3. The van der Waals surface area contributed by atoms with Crippen molar-refractivity contribution in [3.63, 3.8) is 0 Å². The third-order valence-electron chi connectivity index (χ3n) is 16.8. The van der Waals surface area contributed by atoms with Gasteiger partial charge in [-0.1, -0.05) is 159 Å². The average molecular weight is 955 g/mol. The second kappa shape index (κ2) is 16.7. The minimum atomic E-state index is -0.172. The van der Waals surface area contributed by atoms with E-state index in [0.717, 1.165) is 86.5 Å². The second-order valence-corrected chi connectivity index (χ2v) is 21.6. The van der Waals surface area contributed by atoms with Crippen LogP contribution in [-0.4, -0.2) is 28.7 Å². The van der Waals surface area contributed by atoms with E-state index in [1.807, 2.05) is 0 Å². The summed E-state index contributed by atoms with van der Waals surface area (Å²) in [6.45, 7) is 4.91. The van der Waals surface area contributed by atoms with Crippen LogP contribution in [0.4, 0.5) is 0 Å². The average Bonchev–Trinajstić information content (AvgIpc) is 4.07. The molecule has 2 bridgehead atoms. The van der Waals surface area contributed by atoms with Crippen LogP contribution in [-0.2, 0) is 5.41 Å². The number of hydrogen-bond donors (Lipinski definition) is 0. The van der Waals surface area contributed by atoms with Crippen molar-refractivity contribution in [1.29, 1.82) is 0 Å². The Morgan fingerprint density at radius 1 is 0.378 bits per heavy atom. The van der Waals surface area contributed by atoms with Crippen molar-refractivity contribution in [2.24, 2.45) is 17.8 Å². The zero-order valence-electron chi connectivity index (χ0n) is 41.7. The van der Waals surface area contributed by atoms with E-state index < -0.39 is 0 Å². The summed E-state index contributed by atoms with van der Waals surface area (Å²) in [5.74, 6) is 4.14. The Balaban J connectivity index is 1.03. The molecule has 2 aliphatic rings. The molecule has 0 aliphatic heterocycles. The highest BCUT2D eigenvalue weighted by molar-refractivity contribution is 6.19. The molecule has 0 saturated heterocycles. The maximum Gasteiger partial charge on any atom is 0.165 e. The lowest BCUT2D eigenvalue weighted by molar-refractivity contribution is 0.0720. The van der Waals surface area contributed by atoms with Crippen molar-refractivity contribution >= 4 is 65.4 Å². The summed E-state index contributed by atoms with van der Waals surface area (Å²) in [4.78, 5) is 17.4. The van der Waals surface area contributed by atoms with E-state index in [2.05, 4.69) is 240 Å². The van der Waals surface area contributed by atoms with Gasteiger partial charge in [0.05, 0.1) is 44.5 Å². The van der Waals surface area contributed by atoms with Gasteiger partial charge in [-0.05, 0) is 122 Å². The van der Waals surface area contributed by atoms with Crippen molar-refractivity contribution in [2.75, 3.05) is 0 Å². The van der Waals surface area contributed by atoms with Crippen LogP contribution in [0.15, 0.2) is 212 Å². The first-order valence-corrected chi connectivity index (χ1v) is 26.5. The van der Waals surface area contributed by atoms with Crippen molar-refractivity contribution in [2.45, 2.75) is 51.4 Å². The fourth-order valence-corrected chi connectivity index (χ4v) is 14.2. The van der Waals surface area contributed by atoms with Crippen LogP contribution in [0.1, 0.15) is 51.8 Å². The van der Waals surface area contributed by atoms with E-state index in [0.29, 0.717) is 29.4 Å². The third kappa shape index (κ3) is 6.60. The van der Waals surface area contributed by atoms with E-state index in [-0.39, 0.29) is 5.41 Å². The zero-order chi connectivity index (χ0) is 49.1. The van der Waals surface area contributed by atoms with E-state index >= 15 is 0 Å². The Morgan fingerprint density at radius 2 is 0.851 bits per heavy atom. The van der Waals surface area contributed by atoms with Crippen molar-refractivity contribution in [3.05, 3.63) is 218 Å². The number of benzene rings is 9. The molecular formula is C68H54N6. The van der Waals surface area contributed by atoms with Gasteiger partial charge in [-0.2, -0.15) is 0 Å². The molecule has 74 heavy (non-hydrogen) atoms. The molecule has 6 nitrogen and oxygen atoms in total. The lowest BCUT2D eigenvalue weighted by Gasteiger charge is -2.49. The van der Waals surface area contributed by atoms with E-state index in [9.17, 15) is 0 Å². The number of fused-ring (bicyclic) bond motifs is 11. The molecule has 356 valence electrons. The molecule has 15 rings (SSSR count). The van der Waals surface area contributed by atoms with Gasteiger partial charge in [0.15, 0.2) is 11.6 Å². The molecule has 0 amide bonds. The fraction of sp³-hybridized carbons (Fsp3) is 0.162. The van der Waals surface area contributed by atoms with Gasteiger partial charge in [0.25, 0.3) is 0 Å². The summed E-state index contributed by atoms with van der Waals surface area (Å²) < 4.78 is 7.35. The van der Waals surface area contributed by atoms with Gasteiger partial charge in [0.1, 0.15) is 5.82 Å². The Hall–Kier alpha value is -8.61. The van der Waals surface area contributed by atoms with Crippen LogP contribution in [0.2, 0.25) is 0 Å². The number of nitrogens with zero attached hydrogens (tertiary/aromatic N) is 6. The monoisotopic (exact) mass is 954 g/mol. The molecule has 9 aromatic carbocycles. The van der Waals surface area contributed by atoms with Gasteiger partial charge in [-0.15, -0.1) is 0 Å². The first-order valence-electron chi connectivity index (χ1n) is 26.5. The lowest BCUT2D eigenvalue weighted by Crippen LogP contribution is -2.43. The van der Waals surface area contributed by atoms with Crippen LogP contribution in [0.3, 0.4) is 0 Å². The smallest absolute Gasteiger partial charge is 0.165 e. The number of para-hydroxylation sites is 7. The molecule has 2 unspecified atom stereocenters. The largest absolute Gasteiger partial charge is 0.309 e. The highest BCUT2D eigenvalue weighted by atomic mass is 15.1. The normalized spacial score (nSPS) is 18.9. The van der Waals surface area contributed by atoms with Crippen LogP contribution >= 0.6 is 0 Å². The summed E-state index contributed by atoms with van der Waals surface area (Å²) in [5.41, 5.74) is 14.2. The minimum Gasteiger partial charge on any atom is -0.309 e. The van der Waals surface area contributed by atoms with Gasteiger partial charge >= 0.3 is 0 Å². The molecule has 4 atom stereocenters. The molecule has 0 N–H and O–H groups in total. The SMILES string of the molecule is C[C@@H]1CC2C[C@H](C)CC(c3nc(-c4ccccc4-n4c5ccccc5c5cc6c7ccccc7n(-c7ccccc7)c6cc54)nc(-c4cccc(-c5ccccc5)c4-n4c5ccccc5c5ccccc54)n3)(C2)C1. The van der Waals surface area contributed by atoms with Crippen LogP contribution in [0.5, 0.6) is 0 Å². The van der Waals surface area contributed by atoms with Crippen molar-refractivity contribution in [3.8, 4) is 51.0 Å². The molecular weight excluding hydrogens is 901 g/mol. The van der Waals surface area contributed by atoms with Gasteiger partial charge in [0.2, 0.25) is 0 Å². The van der Waals surface area contributed by atoms with Crippen molar-refractivity contribution in [1.82, 2.24) is 28.7 Å². The molecule has 0 radical (unpaired) electrons. The predicted octanol–water partition coefficient (Wildman–Crippen LogP) is 17.3. The summed E-state index contributed by atoms with van der Waals surface area (Å²) in [6.07, 6.45) is 5.78. The standard InChI is InChI=1S/C68H54N6/c1-43-36-45-37-44(2)41-68(40-43,42-45)67-70-65(69-66(71-67)54-30-19-29-48(46-20-5-3-6-21-46)64(54)74-59-33-16-9-24-49(59)50-25-10-17-34-60(50)74)53-28-13-18-35-61(53)73-58-32-15-12-27-52(58)56-38-55-51-26-11-14-31-57(51)72(62(55)39-63(56)73)47-22-7-4-8-23-47/h3-35,38-39,43-45H,36-37,40-42H2,1-2H3/t43-,44+,45?,68?. The molecule has 13 aromatic rings. The van der Waals surface area contributed by atoms with Gasteiger partial charge in [-0.3, -0.25) is 0 Å². The Morgan fingerprint density at radius 3 is 1.49 bits per heavy atom. The summed E-state index contributed by atoms with van der Waals surface area (Å²) in [5, 5.41) is 7.32. The van der Waals surface area contributed by atoms with Crippen LogP contribution in [0.25, 0.3) is 116 Å². The maximum absolute atomic E-state index is 5.84. The van der Waals surface area contributed by atoms with Crippen LogP contribution in [0, 0.1) is 17.8 Å².